The highest BCUT2D eigenvalue weighted by atomic mass is 127. The number of carbonyl (C=O) groups is 1. The van der Waals surface area contributed by atoms with Gasteiger partial charge in [-0.05, 0) is 36.4 Å². The Hall–Kier alpha value is -1.55. The van der Waals surface area contributed by atoms with Crippen molar-refractivity contribution in [3.05, 3.63) is 46.5 Å². The van der Waals surface area contributed by atoms with Gasteiger partial charge in [-0.3, -0.25) is 4.79 Å². The van der Waals surface area contributed by atoms with E-state index in [9.17, 15) is 4.79 Å². The third-order valence-corrected chi connectivity index (χ3v) is 5.86. The van der Waals surface area contributed by atoms with E-state index in [2.05, 4.69) is 27.0 Å². The standard InChI is InChI=1S/C20H26N4O2S.HI/c25-19-11-15(14-24(19)16-5-6-16)12-22-20(23-13-18-4-2-10-27-18)21-8-7-17-3-1-9-26-17;/h1-4,9-10,15-16H,5-8,11-14H2,(H2,21,22,23);1H. The van der Waals surface area contributed by atoms with E-state index in [1.54, 1.807) is 17.6 Å². The fraction of sp³-hybridized carbons (Fsp3) is 0.500. The Morgan fingerprint density at radius 3 is 2.89 bits per heavy atom. The van der Waals surface area contributed by atoms with Crippen molar-refractivity contribution in [1.82, 2.24) is 15.5 Å². The van der Waals surface area contributed by atoms with Crippen molar-refractivity contribution in [2.75, 3.05) is 19.6 Å². The van der Waals surface area contributed by atoms with Crippen LogP contribution in [0, 0.1) is 5.92 Å². The van der Waals surface area contributed by atoms with Gasteiger partial charge < -0.3 is 20.0 Å². The molecule has 8 heteroatoms. The second kappa shape index (κ2) is 10.3. The number of aliphatic imine (C=N–C) groups is 1. The lowest BCUT2D eigenvalue weighted by atomic mass is 10.1. The van der Waals surface area contributed by atoms with Crippen LogP contribution in [0.5, 0.6) is 0 Å². The van der Waals surface area contributed by atoms with Gasteiger partial charge in [0.05, 0.1) is 12.8 Å². The van der Waals surface area contributed by atoms with Gasteiger partial charge >= 0.3 is 0 Å². The Morgan fingerprint density at radius 1 is 1.29 bits per heavy atom. The lowest BCUT2D eigenvalue weighted by Gasteiger charge is -2.17. The highest BCUT2D eigenvalue weighted by molar-refractivity contribution is 14.0. The summed E-state index contributed by atoms with van der Waals surface area (Å²) in [6.07, 6.45) is 5.50. The first-order valence-corrected chi connectivity index (χ1v) is 10.5. The van der Waals surface area contributed by atoms with E-state index in [4.69, 9.17) is 9.41 Å². The highest BCUT2D eigenvalue weighted by Gasteiger charge is 2.39. The minimum atomic E-state index is 0. The molecule has 28 heavy (non-hydrogen) atoms. The number of halogens is 1. The predicted molar refractivity (Wildman–Crippen MR) is 122 cm³/mol. The molecule has 2 fully saturated rings. The molecule has 6 nitrogen and oxygen atoms in total. The number of hydrogen-bond acceptors (Lipinski definition) is 4. The van der Waals surface area contributed by atoms with Crippen molar-refractivity contribution < 1.29 is 9.21 Å². The third-order valence-electron chi connectivity index (χ3n) is 5.00. The zero-order valence-electron chi connectivity index (χ0n) is 15.8. The maximum atomic E-state index is 12.1. The molecule has 0 radical (unpaired) electrons. The van der Waals surface area contributed by atoms with E-state index < -0.39 is 0 Å². The molecule has 1 saturated heterocycles. The van der Waals surface area contributed by atoms with Gasteiger partial charge in [0.15, 0.2) is 5.96 Å². The molecule has 1 saturated carbocycles. The second-order valence-electron chi connectivity index (χ2n) is 7.23. The molecule has 1 unspecified atom stereocenters. The van der Waals surface area contributed by atoms with Gasteiger partial charge in [-0.2, -0.15) is 0 Å². The Morgan fingerprint density at radius 2 is 2.18 bits per heavy atom. The molecule has 2 aromatic rings. The van der Waals surface area contributed by atoms with Crippen LogP contribution in [0.2, 0.25) is 0 Å². The minimum absolute atomic E-state index is 0. The number of amides is 1. The third kappa shape index (κ3) is 5.97. The lowest BCUT2D eigenvalue weighted by molar-refractivity contribution is -0.128. The predicted octanol–water partition coefficient (Wildman–Crippen LogP) is 3.25. The molecule has 3 heterocycles. The highest BCUT2D eigenvalue weighted by Crippen LogP contribution is 2.32. The van der Waals surface area contributed by atoms with Gasteiger partial charge in [-0.15, -0.1) is 35.3 Å². The van der Waals surface area contributed by atoms with Crippen molar-refractivity contribution in [1.29, 1.82) is 0 Å². The van der Waals surface area contributed by atoms with Crippen molar-refractivity contribution in [2.24, 2.45) is 10.9 Å². The first-order valence-electron chi connectivity index (χ1n) is 9.64. The monoisotopic (exact) mass is 514 g/mol. The van der Waals surface area contributed by atoms with Crippen molar-refractivity contribution >= 4 is 47.2 Å². The summed E-state index contributed by atoms with van der Waals surface area (Å²) < 4.78 is 5.39. The number of rotatable bonds is 8. The Bertz CT molecular complexity index is 759. The summed E-state index contributed by atoms with van der Waals surface area (Å²) in [6.45, 7) is 3.06. The average Bonchev–Trinajstić information content (AvgIpc) is 3.05. The zero-order valence-corrected chi connectivity index (χ0v) is 18.9. The van der Waals surface area contributed by atoms with Crippen LogP contribution in [0.4, 0.5) is 0 Å². The van der Waals surface area contributed by atoms with Gasteiger partial charge in [-0.25, -0.2) is 4.99 Å². The van der Waals surface area contributed by atoms with Crippen molar-refractivity contribution in [3.8, 4) is 0 Å². The summed E-state index contributed by atoms with van der Waals surface area (Å²) in [5.41, 5.74) is 0. The summed E-state index contributed by atoms with van der Waals surface area (Å²) >= 11 is 1.71. The molecule has 152 valence electrons. The second-order valence-corrected chi connectivity index (χ2v) is 8.26. The first kappa shape index (κ1) is 21.2. The SMILES string of the molecule is I.O=C1CC(CNC(=NCc2cccs2)NCCc2ccco2)CN1C1CC1. The van der Waals surface area contributed by atoms with Gasteiger partial charge in [-0.1, -0.05) is 6.07 Å². The molecular formula is C20H27IN4O2S. The number of thiophene rings is 1. The summed E-state index contributed by atoms with van der Waals surface area (Å²) in [4.78, 5) is 20.1. The maximum Gasteiger partial charge on any atom is 0.223 e. The number of likely N-dealkylation sites (tertiary alicyclic amines) is 1. The number of nitrogens with one attached hydrogen (secondary N) is 2. The van der Waals surface area contributed by atoms with Gasteiger partial charge in [0.2, 0.25) is 5.91 Å². The quantitative estimate of drug-likeness (QED) is 0.323. The van der Waals surface area contributed by atoms with Crippen LogP contribution in [0.15, 0.2) is 45.3 Å². The first-order chi connectivity index (χ1) is 13.3. The van der Waals surface area contributed by atoms with Crippen LogP contribution in [-0.4, -0.2) is 42.4 Å². The zero-order chi connectivity index (χ0) is 18.5. The number of nitrogens with zero attached hydrogens (tertiary/aromatic N) is 2. The van der Waals surface area contributed by atoms with Crippen LogP contribution in [0.1, 0.15) is 29.9 Å². The number of hydrogen-bond donors (Lipinski definition) is 2. The van der Waals surface area contributed by atoms with E-state index in [-0.39, 0.29) is 24.0 Å². The van der Waals surface area contributed by atoms with E-state index >= 15 is 0 Å². The normalized spacial score (nSPS) is 19.6. The Kier molecular flexibility index (Phi) is 7.78. The fourth-order valence-corrected chi connectivity index (χ4v) is 4.05. The van der Waals surface area contributed by atoms with Crippen LogP contribution in [-0.2, 0) is 17.8 Å². The molecule has 1 aliphatic carbocycles. The van der Waals surface area contributed by atoms with Crippen LogP contribution in [0.3, 0.4) is 0 Å². The number of furan rings is 1. The van der Waals surface area contributed by atoms with Crippen molar-refractivity contribution in [2.45, 2.75) is 38.3 Å². The maximum absolute atomic E-state index is 12.1. The molecule has 0 spiro atoms. The Balaban J connectivity index is 0.00000225. The largest absolute Gasteiger partial charge is 0.469 e. The van der Waals surface area contributed by atoms with Gasteiger partial charge in [0.1, 0.15) is 5.76 Å². The summed E-state index contributed by atoms with van der Waals surface area (Å²) in [6, 6.07) is 8.54. The van der Waals surface area contributed by atoms with E-state index in [1.807, 2.05) is 18.2 Å². The molecule has 0 bridgehead atoms. The average molecular weight is 514 g/mol. The van der Waals surface area contributed by atoms with Crippen LogP contribution < -0.4 is 10.6 Å². The molecule has 4 rings (SSSR count). The lowest BCUT2D eigenvalue weighted by Crippen LogP contribution is -2.41. The van der Waals surface area contributed by atoms with Gasteiger partial charge in [0.25, 0.3) is 0 Å². The van der Waals surface area contributed by atoms with E-state index in [0.717, 1.165) is 37.8 Å². The summed E-state index contributed by atoms with van der Waals surface area (Å²) in [5, 5.41) is 8.89. The molecule has 2 N–H and O–H groups in total. The topological polar surface area (TPSA) is 69.9 Å². The molecule has 2 aliphatic rings. The van der Waals surface area contributed by atoms with Crippen molar-refractivity contribution in [3.63, 3.8) is 0 Å². The van der Waals surface area contributed by atoms with Crippen LogP contribution >= 0.6 is 35.3 Å². The fourth-order valence-electron chi connectivity index (χ4n) is 3.42. The molecule has 1 atom stereocenters. The molecular weight excluding hydrogens is 487 g/mol. The minimum Gasteiger partial charge on any atom is -0.469 e. The number of carbonyl (C=O) groups excluding carboxylic acids is 1. The van der Waals surface area contributed by atoms with Gasteiger partial charge in [0, 0.05) is 49.3 Å². The van der Waals surface area contributed by atoms with E-state index in [0.29, 0.717) is 30.8 Å². The van der Waals surface area contributed by atoms with E-state index in [1.165, 1.54) is 17.7 Å². The molecule has 2 aromatic heterocycles. The summed E-state index contributed by atoms with van der Waals surface area (Å²) in [7, 11) is 0. The Labute approximate surface area is 186 Å². The number of guanidine groups is 1. The molecule has 1 amide bonds. The van der Waals surface area contributed by atoms with Crippen LogP contribution in [0.25, 0.3) is 0 Å². The summed E-state index contributed by atoms with van der Waals surface area (Å²) in [5.74, 6) is 2.43. The molecule has 1 aliphatic heterocycles. The molecule has 0 aromatic carbocycles. The smallest absolute Gasteiger partial charge is 0.223 e.